The van der Waals surface area contributed by atoms with Crippen molar-refractivity contribution in [1.82, 2.24) is 4.31 Å². The Morgan fingerprint density at radius 3 is 2.58 bits per heavy atom. The monoisotopic (exact) mass is 482 g/mol. The Kier molecular flexibility index (Phi) is 8.39. The van der Waals surface area contributed by atoms with Gasteiger partial charge in [0.15, 0.2) is 0 Å². The number of amides is 1. The van der Waals surface area contributed by atoms with Crippen LogP contribution in [0.25, 0.3) is 0 Å². The molecule has 1 atom stereocenters. The Bertz CT molecular complexity index is 1010. The molecular formula is C23H28Cl2N2O3S. The lowest BCUT2D eigenvalue weighted by Gasteiger charge is -2.31. The smallest absolute Gasteiger partial charge is 0.228 e. The highest BCUT2D eigenvalue weighted by atomic mass is 35.5. The molecule has 0 bridgehead atoms. The molecule has 1 N–H and O–H groups in total. The van der Waals surface area contributed by atoms with Gasteiger partial charge in [-0.3, -0.25) is 4.79 Å². The van der Waals surface area contributed by atoms with Gasteiger partial charge in [-0.25, -0.2) is 12.7 Å². The highest BCUT2D eigenvalue weighted by Crippen LogP contribution is 2.27. The highest BCUT2D eigenvalue weighted by molar-refractivity contribution is 7.88. The molecule has 1 amide bonds. The first kappa shape index (κ1) is 24.1. The van der Waals surface area contributed by atoms with Crippen LogP contribution in [0.4, 0.5) is 5.69 Å². The summed E-state index contributed by atoms with van der Waals surface area (Å²) in [5, 5.41) is 3.72. The van der Waals surface area contributed by atoms with Crippen LogP contribution in [0.1, 0.15) is 43.7 Å². The molecule has 0 radical (unpaired) electrons. The predicted molar refractivity (Wildman–Crippen MR) is 127 cm³/mol. The maximum Gasteiger partial charge on any atom is 0.228 e. The molecule has 1 aliphatic heterocycles. The van der Waals surface area contributed by atoms with Crippen molar-refractivity contribution in [1.29, 1.82) is 0 Å². The Labute approximate surface area is 194 Å². The van der Waals surface area contributed by atoms with E-state index in [9.17, 15) is 13.2 Å². The fraction of sp³-hybridized carbons (Fsp3) is 0.435. The van der Waals surface area contributed by atoms with Crippen molar-refractivity contribution in [2.45, 2.75) is 44.8 Å². The van der Waals surface area contributed by atoms with E-state index in [-0.39, 0.29) is 24.1 Å². The molecule has 31 heavy (non-hydrogen) atoms. The van der Waals surface area contributed by atoms with E-state index in [2.05, 4.69) is 12.2 Å². The van der Waals surface area contributed by atoms with Crippen LogP contribution in [0.3, 0.4) is 0 Å². The number of carbonyl (C=O) groups excluding carboxylic acids is 1. The predicted octanol–water partition coefficient (Wildman–Crippen LogP) is 5.52. The Balaban J connectivity index is 1.61. The summed E-state index contributed by atoms with van der Waals surface area (Å²) in [6.07, 6.45) is 4.61. The van der Waals surface area contributed by atoms with Crippen LogP contribution in [-0.4, -0.2) is 31.7 Å². The quantitative estimate of drug-likeness (QED) is 0.538. The average Bonchev–Trinajstić information content (AvgIpc) is 2.75. The van der Waals surface area contributed by atoms with Crippen molar-refractivity contribution >= 4 is 44.8 Å². The number of rotatable bonds is 8. The number of sulfonamides is 1. The number of nitrogens with one attached hydrogen (secondary N) is 1. The lowest BCUT2D eigenvalue weighted by molar-refractivity contribution is -0.120. The Hall–Kier alpha value is -1.60. The van der Waals surface area contributed by atoms with Gasteiger partial charge in [0, 0.05) is 28.8 Å². The fourth-order valence-electron chi connectivity index (χ4n) is 3.72. The number of anilines is 1. The van der Waals surface area contributed by atoms with E-state index >= 15 is 0 Å². The summed E-state index contributed by atoms with van der Waals surface area (Å²) < 4.78 is 27.3. The fourth-order valence-corrected chi connectivity index (χ4v) is 5.91. The molecule has 2 aromatic carbocycles. The van der Waals surface area contributed by atoms with Crippen molar-refractivity contribution in [3.05, 3.63) is 63.6 Å². The van der Waals surface area contributed by atoms with Crippen LogP contribution in [0.5, 0.6) is 0 Å². The summed E-state index contributed by atoms with van der Waals surface area (Å²) >= 11 is 12.1. The topological polar surface area (TPSA) is 66.5 Å². The van der Waals surface area contributed by atoms with Crippen molar-refractivity contribution in [3.63, 3.8) is 0 Å². The third kappa shape index (κ3) is 6.69. The summed E-state index contributed by atoms with van der Waals surface area (Å²) in [6.45, 7) is 2.74. The minimum absolute atomic E-state index is 0.147. The number of aryl methyl sites for hydroxylation is 1. The van der Waals surface area contributed by atoms with Gasteiger partial charge in [-0.15, -0.1) is 0 Å². The molecule has 1 heterocycles. The highest BCUT2D eigenvalue weighted by Gasteiger charge is 2.32. The van der Waals surface area contributed by atoms with Crippen molar-refractivity contribution in [2.75, 3.05) is 18.4 Å². The van der Waals surface area contributed by atoms with Gasteiger partial charge in [0.25, 0.3) is 0 Å². The molecule has 8 heteroatoms. The second kappa shape index (κ2) is 10.8. The molecule has 0 saturated carbocycles. The minimum atomic E-state index is -3.60. The lowest BCUT2D eigenvalue weighted by atomic mass is 9.98. The standard InChI is InChI=1S/C23H28Cl2N2O3S/c1-2-3-5-17-7-11-21(12-8-17)26-23(28)18-6-4-13-27(15-18)31(29,30)16-19-9-10-20(24)14-22(19)25/h7-12,14,18H,2-6,13,15-16H2,1H3,(H,26,28). The van der Waals surface area contributed by atoms with E-state index in [0.29, 0.717) is 35.0 Å². The van der Waals surface area contributed by atoms with Gasteiger partial charge in [0.2, 0.25) is 15.9 Å². The van der Waals surface area contributed by atoms with Gasteiger partial charge in [-0.1, -0.05) is 54.7 Å². The van der Waals surface area contributed by atoms with E-state index in [1.165, 1.54) is 15.9 Å². The van der Waals surface area contributed by atoms with Gasteiger partial charge < -0.3 is 5.32 Å². The molecule has 1 unspecified atom stereocenters. The third-order valence-corrected chi connectivity index (χ3v) is 7.92. The molecule has 5 nitrogen and oxygen atoms in total. The Morgan fingerprint density at radius 1 is 1.16 bits per heavy atom. The molecule has 0 spiro atoms. The van der Waals surface area contributed by atoms with Crippen LogP contribution < -0.4 is 5.32 Å². The zero-order valence-corrected chi connectivity index (χ0v) is 19.9. The van der Waals surface area contributed by atoms with Gasteiger partial charge in [0.05, 0.1) is 11.7 Å². The maximum absolute atomic E-state index is 12.9. The second-order valence-corrected chi connectivity index (χ2v) is 10.8. The van der Waals surface area contributed by atoms with Crippen molar-refractivity contribution in [2.24, 2.45) is 5.92 Å². The van der Waals surface area contributed by atoms with Crippen LogP contribution in [0, 0.1) is 5.92 Å². The van der Waals surface area contributed by atoms with E-state index in [1.807, 2.05) is 24.3 Å². The van der Waals surface area contributed by atoms with Gasteiger partial charge in [0.1, 0.15) is 0 Å². The third-order valence-electron chi connectivity index (χ3n) is 5.54. The summed E-state index contributed by atoms with van der Waals surface area (Å²) in [5.41, 5.74) is 2.48. The number of benzene rings is 2. The van der Waals surface area contributed by atoms with E-state index in [0.717, 1.165) is 24.9 Å². The van der Waals surface area contributed by atoms with Crippen LogP contribution >= 0.6 is 23.2 Å². The normalized spacial score (nSPS) is 17.5. The summed E-state index contributed by atoms with van der Waals surface area (Å²) in [6, 6.07) is 12.6. The molecule has 1 aliphatic rings. The van der Waals surface area contributed by atoms with Crippen molar-refractivity contribution < 1.29 is 13.2 Å². The second-order valence-electron chi connectivity index (χ2n) is 7.98. The van der Waals surface area contributed by atoms with Gasteiger partial charge >= 0.3 is 0 Å². The lowest BCUT2D eigenvalue weighted by Crippen LogP contribution is -2.44. The van der Waals surface area contributed by atoms with Crippen LogP contribution in [0.15, 0.2) is 42.5 Å². The molecule has 3 rings (SSSR count). The molecular weight excluding hydrogens is 455 g/mol. The number of carbonyl (C=O) groups is 1. The van der Waals surface area contributed by atoms with E-state index in [4.69, 9.17) is 23.2 Å². The molecule has 168 valence electrons. The molecule has 1 saturated heterocycles. The maximum atomic E-state index is 12.9. The minimum Gasteiger partial charge on any atom is -0.326 e. The largest absolute Gasteiger partial charge is 0.326 e. The number of piperidine rings is 1. The molecule has 0 aliphatic carbocycles. The number of hydrogen-bond acceptors (Lipinski definition) is 3. The van der Waals surface area contributed by atoms with E-state index in [1.54, 1.807) is 12.1 Å². The zero-order chi connectivity index (χ0) is 22.4. The number of halogens is 2. The number of unbranched alkanes of at least 4 members (excludes halogenated alkanes) is 1. The summed E-state index contributed by atoms with van der Waals surface area (Å²) in [7, 11) is -3.60. The van der Waals surface area contributed by atoms with Gasteiger partial charge in [-0.05, 0) is 61.1 Å². The van der Waals surface area contributed by atoms with Gasteiger partial charge in [-0.2, -0.15) is 0 Å². The van der Waals surface area contributed by atoms with E-state index < -0.39 is 10.0 Å². The summed E-state index contributed by atoms with van der Waals surface area (Å²) in [5.74, 6) is -0.744. The summed E-state index contributed by atoms with van der Waals surface area (Å²) in [4.78, 5) is 12.8. The van der Waals surface area contributed by atoms with Crippen LogP contribution in [-0.2, 0) is 27.0 Å². The van der Waals surface area contributed by atoms with Crippen molar-refractivity contribution in [3.8, 4) is 0 Å². The first-order valence-electron chi connectivity index (χ1n) is 10.6. The molecule has 0 aromatic heterocycles. The first-order valence-corrected chi connectivity index (χ1v) is 13.0. The number of hydrogen-bond donors (Lipinski definition) is 1. The Morgan fingerprint density at radius 2 is 1.90 bits per heavy atom. The SMILES string of the molecule is CCCCc1ccc(NC(=O)C2CCCN(S(=O)(=O)Cc3ccc(Cl)cc3Cl)C2)cc1. The number of nitrogens with zero attached hydrogens (tertiary/aromatic N) is 1. The molecule has 1 fully saturated rings. The average molecular weight is 483 g/mol. The zero-order valence-electron chi connectivity index (χ0n) is 17.6. The van der Waals surface area contributed by atoms with Crippen LogP contribution in [0.2, 0.25) is 10.0 Å². The molecule has 2 aromatic rings. The first-order chi connectivity index (χ1) is 14.8.